The zero-order valence-corrected chi connectivity index (χ0v) is 22.7. The molecule has 36 heavy (non-hydrogen) atoms. The summed E-state index contributed by atoms with van der Waals surface area (Å²) in [5.74, 6) is 1.88. The first-order valence-electron chi connectivity index (χ1n) is 13.4. The Labute approximate surface area is 216 Å². The van der Waals surface area contributed by atoms with Crippen LogP contribution in [0.5, 0.6) is 0 Å². The summed E-state index contributed by atoms with van der Waals surface area (Å²) in [7, 11) is 0. The lowest BCUT2D eigenvalue weighted by Crippen LogP contribution is -2.19. The molecule has 2 N–H and O–H groups in total. The highest BCUT2D eigenvalue weighted by Crippen LogP contribution is 2.23. The Kier molecular flexibility index (Phi) is 10.4. The molecule has 6 heteroatoms. The molecule has 0 saturated carbocycles. The topological polar surface area (TPSA) is 67.7 Å². The van der Waals surface area contributed by atoms with Crippen molar-refractivity contribution in [3.05, 3.63) is 78.2 Å². The van der Waals surface area contributed by atoms with Gasteiger partial charge in [-0.3, -0.25) is 4.57 Å². The van der Waals surface area contributed by atoms with Gasteiger partial charge in [-0.05, 0) is 68.0 Å². The molecule has 5 rings (SSSR count). The Morgan fingerprint density at radius 2 is 1.78 bits per heavy atom. The second-order valence-corrected chi connectivity index (χ2v) is 9.23. The predicted octanol–water partition coefficient (Wildman–Crippen LogP) is 7.29. The van der Waals surface area contributed by atoms with Crippen molar-refractivity contribution in [2.45, 2.75) is 78.8 Å². The van der Waals surface area contributed by atoms with Crippen LogP contribution in [0.3, 0.4) is 0 Å². The van der Waals surface area contributed by atoms with Crippen LogP contribution < -0.4 is 10.6 Å². The number of aromatic nitrogens is 4. The van der Waals surface area contributed by atoms with Gasteiger partial charge < -0.3 is 10.6 Å². The largest absolute Gasteiger partial charge is 0.348 e. The molecule has 0 amide bonds. The van der Waals surface area contributed by atoms with Crippen LogP contribution in [0.1, 0.15) is 83.9 Å². The highest BCUT2D eigenvalue weighted by Gasteiger charge is 2.11. The number of hydrogen-bond donors (Lipinski definition) is 2. The van der Waals surface area contributed by atoms with E-state index in [0.29, 0.717) is 11.9 Å². The van der Waals surface area contributed by atoms with E-state index in [9.17, 15) is 0 Å². The lowest BCUT2D eigenvalue weighted by molar-refractivity contribution is 0.587. The number of hydrogen-bond acceptors (Lipinski definition) is 5. The third kappa shape index (κ3) is 7.14. The Morgan fingerprint density at radius 1 is 1.00 bits per heavy atom. The second kappa shape index (κ2) is 13.7. The molecule has 1 fully saturated rings. The SMILES string of the molecule is CC.CC(C)c1ccc2c(c1)ncn2-c1ccnc(N[C@@H](C)c2ccccc2)n1.CCC1CCCN1. The van der Waals surface area contributed by atoms with Gasteiger partial charge in [0, 0.05) is 12.2 Å². The molecule has 0 bridgehead atoms. The van der Waals surface area contributed by atoms with Crippen LogP contribution >= 0.6 is 0 Å². The van der Waals surface area contributed by atoms with E-state index >= 15 is 0 Å². The number of nitrogens with one attached hydrogen (secondary N) is 2. The summed E-state index contributed by atoms with van der Waals surface area (Å²) >= 11 is 0. The maximum Gasteiger partial charge on any atom is 0.225 e. The number of nitrogens with zero attached hydrogens (tertiary/aromatic N) is 4. The number of imidazole rings is 1. The molecule has 1 aliphatic heterocycles. The van der Waals surface area contributed by atoms with Crippen molar-refractivity contribution in [1.29, 1.82) is 0 Å². The van der Waals surface area contributed by atoms with Gasteiger partial charge in [-0.1, -0.05) is 71.0 Å². The number of rotatable bonds is 6. The molecule has 1 unspecified atom stereocenters. The summed E-state index contributed by atoms with van der Waals surface area (Å²) < 4.78 is 2.00. The van der Waals surface area contributed by atoms with Crippen molar-refractivity contribution in [2.75, 3.05) is 11.9 Å². The third-order valence-corrected chi connectivity index (χ3v) is 6.43. The second-order valence-electron chi connectivity index (χ2n) is 9.23. The van der Waals surface area contributed by atoms with Gasteiger partial charge in [0.25, 0.3) is 0 Å². The van der Waals surface area contributed by atoms with E-state index in [-0.39, 0.29) is 6.04 Å². The standard InChI is InChI=1S/C22H23N5.C6H13N.C2H6/c1-15(2)18-9-10-20-19(13-18)24-14-27(20)21-11-12-23-22(26-21)25-16(3)17-7-5-4-6-8-17;1-2-6-4-3-5-7-6;1-2/h4-16H,1-3H3,(H,23,25,26);6-7H,2-5H2,1H3;1-2H3/t16-;;/m0../s1. The molecule has 192 valence electrons. The van der Waals surface area contributed by atoms with Gasteiger partial charge in [0.15, 0.2) is 0 Å². The highest BCUT2D eigenvalue weighted by molar-refractivity contribution is 5.78. The zero-order valence-electron chi connectivity index (χ0n) is 22.7. The normalized spacial score (nSPS) is 15.6. The van der Waals surface area contributed by atoms with Gasteiger partial charge in [0.1, 0.15) is 12.1 Å². The molecule has 2 atom stereocenters. The fraction of sp³-hybridized carbons (Fsp3) is 0.433. The van der Waals surface area contributed by atoms with E-state index < -0.39 is 0 Å². The van der Waals surface area contributed by atoms with E-state index in [1.807, 2.05) is 49.0 Å². The number of benzene rings is 2. The maximum atomic E-state index is 4.69. The van der Waals surface area contributed by atoms with E-state index in [0.717, 1.165) is 22.9 Å². The Balaban J connectivity index is 0.000000342. The van der Waals surface area contributed by atoms with Crippen LogP contribution in [0.15, 0.2) is 67.1 Å². The minimum Gasteiger partial charge on any atom is -0.348 e. The van der Waals surface area contributed by atoms with Crippen LogP contribution in [-0.2, 0) is 0 Å². The van der Waals surface area contributed by atoms with Crippen molar-refractivity contribution in [1.82, 2.24) is 24.8 Å². The predicted molar refractivity (Wildman–Crippen MR) is 152 cm³/mol. The van der Waals surface area contributed by atoms with Crippen molar-refractivity contribution in [3.63, 3.8) is 0 Å². The summed E-state index contributed by atoms with van der Waals surface area (Å²) in [6.45, 7) is 14.0. The lowest BCUT2D eigenvalue weighted by Gasteiger charge is -2.14. The van der Waals surface area contributed by atoms with Crippen molar-refractivity contribution in [2.24, 2.45) is 0 Å². The van der Waals surface area contributed by atoms with E-state index in [4.69, 9.17) is 0 Å². The average molecular weight is 487 g/mol. The van der Waals surface area contributed by atoms with E-state index in [1.165, 1.54) is 36.9 Å². The molecule has 1 saturated heterocycles. The molecule has 2 aromatic heterocycles. The molecular weight excluding hydrogens is 444 g/mol. The zero-order chi connectivity index (χ0) is 25.9. The van der Waals surface area contributed by atoms with Crippen LogP contribution in [-0.4, -0.2) is 32.1 Å². The van der Waals surface area contributed by atoms with Crippen LogP contribution in [0.4, 0.5) is 5.95 Å². The smallest absolute Gasteiger partial charge is 0.225 e. The van der Waals surface area contributed by atoms with Crippen LogP contribution in [0, 0.1) is 0 Å². The summed E-state index contributed by atoms with van der Waals surface area (Å²) in [5.41, 5.74) is 4.50. The van der Waals surface area contributed by atoms with E-state index in [2.05, 4.69) is 83.6 Å². The minimum absolute atomic E-state index is 0.120. The van der Waals surface area contributed by atoms with Gasteiger partial charge in [0.2, 0.25) is 5.95 Å². The number of fused-ring (bicyclic) bond motifs is 1. The molecular formula is C30H42N6. The number of anilines is 1. The minimum atomic E-state index is 0.120. The van der Waals surface area contributed by atoms with Crippen molar-refractivity contribution >= 4 is 17.0 Å². The van der Waals surface area contributed by atoms with Crippen LogP contribution in [0.2, 0.25) is 0 Å². The van der Waals surface area contributed by atoms with Gasteiger partial charge in [-0.15, -0.1) is 0 Å². The Bertz CT molecular complexity index is 1180. The quantitative estimate of drug-likeness (QED) is 0.300. The fourth-order valence-electron chi connectivity index (χ4n) is 4.25. The molecule has 4 aromatic rings. The molecule has 3 heterocycles. The van der Waals surface area contributed by atoms with Gasteiger partial charge in [-0.25, -0.2) is 9.97 Å². The molecule has 1 aliphatic rings. The molecule has 6 nitrogen and oxygen atoms in total. The van der Waals surface area contributed by atoms with E-state index in [1.54, 1.807) is 6.20 Å². The Morgan fingerprint density at radius 3 is 2.42 bits per heavy atom. The third-order valence-electron chi connectivity index (χ3n) is 6.43. The van der Waals surface area contributed by atoms with Crippen molar-refractivity contribution in [3.8, 4) is 5.82 Å². The average Bonchev–Trinajstić information content (AvgIpc) is 3.60. The summed E-state index contributed by atoms with van der Waals surface area (Å²) in [6, 6.07) is 19.6. The van der Waals surface area contributed by atoms with Crippen molar-refractivity contribution < 1.29 is 0 Å². The monoisotopic (exact) mass is 486 g/mol. The van der Waals surface area contributed by atoms with Gasteiger partial charge >= 0.3 is 0 Å². The molecule has 0 radical (unpaired) electrons. The Hall–Kier alpha value is -3.25. The highest BCUT2D eigenvalue weighted by atomic mass is 15.2. The summed E-state index contributed by atoms with van der Waals surface area (Å²) in [6.07, 6.45) is 7.69. The molecule has 2 aromatic carbocycles. The summed E-state index contributed by atoms with van der Waals surface area (Å²) in [4.78, 5) is 13.6. The molecule has 0 spiro atoms. The maximum absolute atomic E-state index is 4.69. The van der Waals surface area contributed by atoms with Gasteiger partial charge in [0.05, 0.1) is 17.1 Å². The first-order valence-corrected chi connectivity index (χ1v) is 13.4. The van der Waals surface area contributed by atoms with Gasteiger partial charge in [-0.2, -0.15) is 4.98 Å². The summed E-state index contributed by atoms with van der Waals surface area (Å²) in [5, 5.41) is 6.78. The lowest BCUT2D eigenvalue weighted by atomic mass is 10.0. The first-order chi connectivity index (χ1) is 17.5. The fourth-order valence-corrected chi connectivity index (χ4v) is 4.25. The molecule has 0 aliphatic carbocycles. The first kappa shape index (κ1) is 27.3. The van der Waals surface area contributed by atoms with Crippen LogP contribution in [0.25, 0.3) is 16.9 Å².